The lowest BCUT2D eigenvalue weighted by Crippen LogP contribution is -2.39. The van der Waals surface area contributed by atoms with E-state index in [1.54, 1.807) is 13.8 Å². The van der Waals surface area contributed by atoms with Crippen LogP contribution in [0.3, 0.4) is 0 Å². The maximum Gasteiger partial charge on any atom is 0.0639 e. The number of nitrogens with zero attached hydrogens (tertiary/aromatic N) is 1. The fourth-order valence-corrected chi connectivity index (χ4v) is 2.16. The van der Waals surface area contributed by atoms with Gasteiger partial charge in [0.25, 0.3) is 0 Å². The smallest absolute Gasteiger partial charge is 0.0639 e. The van der Waals surface area contributed by atoms with Gasteiger partial charge in [-0.05, 0) is 46.5 Å². The maximum atomic E-state index is 9.46. The lowest BCUT2D eigenvalue weighted by molar-refractivity contribution is 0.0747. The molecule has 0 spiro atoms. The Kier molecular flexibility index (Phi) is 9.34. The SMILES string of the molecule is CC(C)=CCC[C@@H](C)CN(C[C@H](C)O)C[C@@H](C)O. The molecule has 3 nitrogen and oxygen atoms in total. The van der Waals surface area contributed by atoms with Gasteiger partial charge in [-0.3, -0.25) is 4.90 Å². The summed E-state index contributed by atoms with van der Waals surface area (Å²) >= 11 is 0. The molecule has 0 saturated carbocycles. The predicted octanol–water partition coefficient (Wildman–Crippen LogP) is 2.43. The first-order valence-electron chi connectivity index (χ1n) is 7.03. The third-order valence-electron chi connectivity index (χ3n) is 2.83. The summed E-state index contributed by atoms with van der Waals surface area (Å²) in [7, 11) is 0. The van der Waals surface area contributed by atoms with Crippen LogP contribution in [0, 0.1) is 5.92 Å². The highest BCUT2D eigenvalue weighted by atomic mass is 16.3. The van der Waals surface area contributed by atoms with Crippen LogP contribution >= 0.6 is 0 Å². The Hall–Kier alpha value is -0.380. The maximum absolute atomic E-state index is 9.46. The Morgan fingerprint density at radius 2 is 1.50 bits per heavy atom. The van der Waals surface area contributed by atoms with Crippen molar-refractivity contribution in [2.45, 2.75) is 59.7 Å². The number of aliphatic hydroxyl groups is 2. The van der Waals surface area contributed by atoms with E-state index >= 15 is 0 Å². The highest BCUT2D eigenvalue weighted by Crippen LogP contribution is 2.10. The van der Waals surface area contributed by atoms with Gasteiger partial charge in [0.05, 0.1) is 12.2 Å². The van der Waals surface area contributed by atoms with Crippen molar-refractivity contribution in [2.75, 3.05) is 19.6 Å². The molecule has 18 heavy (non-hydrogen) atoms. The van der Waals surface area contributed by atoms with E-state index in [0.29, 0.717) is 19.0 Å². The average Bonchev–Trinajstić information content (AvgIpc) is 2.13. The van der Waals surface area contributed by atoms with Crippen LogP contribution in [-0.4, -0.2) is 47.0 Å². The van der Waals surface area contributed by atoms with Crippen molar-refractivity contribution in [1.29, 1.82) is 0 Å². The van der Waals surface area contributed by atoms with Crippen LogP contribution in [0.4, 0.5) is 0 Å². The van der Waals surface area contributed by atoms with E-state index in [1.165, 1.54) is 5.57 Å². The molecule has 0 fully saturated rings. The summed E-state index contributed by atoms with van der Waals surface area (Å²) < 4.78 is 0. The first-order valence-corrected chi connectivity index (χ1v) is 7.03. The van der Waals surface area contributed by atoms with Crippen molar-refractivity contribution in [3.8, 4) is 0 Å². The molecule has 0 aromatic carbocycles. The Balaban J connectivity index is 4.08. The van der Waals surface area contributed by atoms with E-state index < -0.39 is 0 Å². The summed E-state index contributed by atoms with van der Waals surface area (Å²) in [5.41, 5.74) is 1.37. The lowest BCUT2D eigenvalue weighted by atomic mass is 10.0. The second kappa shape index (κ2) is 9.54. The van der Waals surface area contributed by atoms with Gasteiger partial charge < -0.3 is 10.2 Å². The molecule has 0 radical (unpaired) electrons. The lowest BCUT2D eigenvalue weighted by Gasteiger charge is -2.27. The normalized spacial score (nSPS) is 16.4. The van der Waals surface area contributed by atoms with Crippen LogP contribution in [0.15, 0.2) is 11.6 Å². The molecule has 0 aliphatic carbocycles. The van der Waals surface area contributed by atoms with E-state index in [0.717, 1.165) is 19.4 Å². The second-order valence-electron chi connectivity index (χ2n) is 5.88. The van der Waals surface area contributed by atoms with Gasteiger partial charge in [0.1, 0.15) is 0 Å². The molecule has 0 rings (SSSR count). The minimum atomic E-state index is -0.339. The summed E-state index contributed by atoms with van der Waals surface area (Å²) in [5, 5.41) is 18.9. The van der Waals surface area contributed by atoms with Crippen LogP contribution in [0.25, 0.3) is 0 Å². The molecule has 0 heterocycles. The Morgan fingerprint density at radius 1 is 1.00 bits per heavy atom. The van der Waals surface area contributed by atoms with Crippen molar-refractivity contribution < 1.29 is 10.2 Å². The molecule has 108 valence electrons. The monoisotopic (exact) mass is 257 g/mol. The van der Waals surface area contributed by atoms with Crippen molar-refractivity contribution in [3.63, 3.8) is 0 Å². The van der Waals surface area contributed by atoms with Gasteiger partial charge in [0, 0.05) is 19.6 Å². The second-order valence-corrected chi connectivity index (χ2v) is 5.88. The average molecular weight is 257 g/mol. The molecule has 3 heteroatoms. The fourth-order valence-electron chi connectivity index (χ4n) is 2.16. The summed E-state index contributed by atoms with van der Waals surface area (Å²) in [4.78, 5) is 2.16. The largest absolute Gasteiger partial charge is 0.392 e. The zero-order valence-electron chi connectivity index (χ0n) is 12.7. The molecule has 0 unspecified atom stereocenters. The zero-order valence-corrected chi connectivity index (χ0v) is 12.7. The summed E-state index contributed by atoms with van der Waals surface area (Å²) in [6, 6.07) is 0. The van der Waals surface area contributed by atoms with Gasteiger partial charge in [-0.15, -0.1) is 0 Å². The number of hydrogen-bond acceptors (Lipinski definition) is 3. The van der Waals surface area contributed by atoms with Gasteiger partial charge >= 0.3 is 0 Å². The minimum Gasteiger partial charge on any atom is -0.392 e. The standard InChI is InChI=1S/C15H31NO2/c1-12(2)7-6-8-13(3)9-16(10-14(4)17)11-15(5)18/h7,13-15,17-18H,6,8-11H2,1-5H3/t13-,14-,15+/m1/s1. The highest BCUT2D eigenvalue weighted by Gasteiger charge is 2.14. The Morgan fingerprint density at radius 3 is 1.89 bits per heavy atom. The van der Waals surface area contributed by atoms with E-state index in [1.807, 2.05) is 0 Å². The molecule has 0 aromatic rings. The van der Waals surface area contributed by atoms with Gasteiger partial charge in [-0.1, -0.05) is 18.6 Å². The van der Waals surface area contributed by atoms with E-state index in [4.69, 9.17) is 0 Å². The van der Waals surface area contributed by atoms with Gasteiger partial charge in [-0.2, -0.15) is 0 Å². The molecule has 0 aliphatic heterocycles. The number of allylic oxidation sites excluding steroid dienone is 2. The Bertz CT molecular complexity index is 223. The molecule has 0 amide bonds. The Labute approximate surface area is 113 Å². The topological polar surface area (TPSA) is 43.7 Å². The van der Waals surface area contributed by atoms with Gasteiger partial charge in [0.2, 0.25) is 0 Å². The molecule has 2 N–H and O–H groups in total. The molecule has 0 saturated heterocycles. The van der Waals surface area contributed by atoms with Crippen LogP contribution in [0.1, 0.15) is 47.5 Å². The van der Waals surface area contributed by atoms with Crippen LogP contribution in [0.5, 0.6) is 0 Å². The van der Waals surface area contributed by atoms with Crippen LogP contribution < -0.4 is 0 Å². The van der Waals surface area contributed by atoms with Crippen molar-refractivity contribution >= 4 is 0 Å². The third kappa shape index (κ3) is 10.8. The predicted molar refractivity (Wildman–Crippen MR) is 77.6 cm³/mol. The van der Waals surface area contributed by atoms with Crippen LogP contribution in [-0.2, 0) is 0 Å². The molecular formula is C15H31NO2. The minimum absolute atomic E-state index is 0.339. The summed E-state index contributed by atoms with van der Waals surface area (Å²) in [6.45, 7) is 12.3. The number of rotatable bonds is 9. The molecular weight excluding hydrogens is 226 g/mol. The fraction of sp³-hybridized carbons (Fsp3) is 0.867. The third-order valence-corrected chi connectivity index (χ3v) is 2.83. The number of aliphatic hydroxyl groups excluding tert-OH is 2. The summed E-state index contributed by atoms with van der Waals surface area (Å²) in [5.74, 6) is 0.582. The van der Waals surface area contributed by atoms with Crippen molar-refractivity contribution in [1.82, 2.24) is 4.90 Å². The van der Waals surface area contributed by atoms with E-state index in [2.05, 4.69) is 31.7 Å². The van der Waals surface area contributed by atoms with Gasteiger partial charge in [-0.25, -0.2) is 0 Å². The molecule has 0 aromatic heterocycles. The quantitative estimate of drug-likeness (QED) is 0.624. The van der Waals surface area contributed by atoms with E-state index in [-0.39, 0.29) is 12.2 Å². The van der Waals surface area contributed by atoms with Crippen LogP contribution in [0.2, 0.25) is 0 Å². The number of hydrogen-bond donors (Lipinski definition) is 2. The highest BCUT2D eigenvalue weighted by molar-refractivity contribution is 4.92. The zero-order chi connectivity index (χ0) is 14.1. The molecule has 3 atom stereocenters. The summed E-state index contributed by atoms with van der Waals surface area (Å²) in [6.07, 6.45) is 3.86. The van der Waals surface area contributed by atoms with E-state index in [9.17, 15) is 10.2 Å². The van der Waals surface area contributed by atoms with Crippen molar-refractivity contribution in [2.24, 2.45) is 5.92 Å². The molecule has 0 bridgehead atoms. The molecule has 0 aliphatic rings. The first kappa shape index (κ1) is 17.6. The van der Waals surface area contributed by atoms with Crippen molar-refractivity contribution in [3.05, 3.63) is 11.6 Å². The first-order chi connectivity index (χ1) is 8.31. The van der Waals surface area contributed by atoms with Gasteiger partial charge in [0.15, 0.2) is 0 Å².